The zero-order chi connectivity index (χ0) is 19.3. The molecule has 148 valence electrons. The number of anilines is 1. The molecule has 2 N–H and O–H groups in total. The standard InChI is InChI=1S/C19H24N6O3/c26-18-13-28-17-5-2-1-4-16(17)24(18)11-3-8-21-19(27)15-12-25(23-22-15)14-6-9-20-10-7-14/h1-2,4-5,12,14,20H,3,6-11,13H2,(H,21,27). The van der Waals surface area contributed by atoms with Gasteiger partial charge in [-0.15, -0.1) is 5.10 Å². The second-order valence-electron chi connectivity index (χ2n) is 6.98. The van der Waals surface area contributed by atoms with Gasteiger partial charge in [-0.2, -0.15) is 0 Å². The second-order valence-corrected chi connectivity index (χ2v) is 6.98. The van der Waals surface area contributed by atoms with Crippen LogP contribution >= 0.6 is 0 Å². The number of ether oxygens (including phenoxy) is 1. The lowest BCUT2D eigenvalue weighted by Crippen LogP contribution is -2.40. The van der Waals surface area contributed by atoms with E-state index in [2.05, 4.69) is 20.9 Å². The molecule has 0 aliphatic carbocycles. The van der Waals surface area contributed by atoms with Gasteiger partial charge in [0.25, 0.3) is 11.8 Å². The summed E-state index contributed by atoms with van der Waals surface area (Å²) in [5.74, 6) is 0.393. The molecule has 2 aliphatic heterocycles. The summed E-state index contributed by atoms with van der Waals surface area (Å²) in [6, 6.07) is 7.76. The monoisotopic (exact) mass is 384 g/mol. The van der Waals surface area contributed by atoms with Gasteiger partial charge in [0.15, 0.2) is 12.3 Å². The van der Waals surface area contributed by atoms with Crippen molar-refractivity contribution in [2.45, 2.75) is 25.3 Å². The van der Waals surface area contributed by atoms with Gasteiger partial charge in [0, 0.05) is 13.1 Å². The number of para-hydroxylation sites is 2. The molecule has 0 bridgehead atoms. The quantitative estimate of drug-likeness (QED) is 0.713. The molecule has 0 unspecified atom stereocenters. The largest absolute Gasteiger partial charge is 0.482 e. The molecule has 0 radical (unpaired) electrons. The van der Waals surface area contributed by atoms with Gasteiger partial charge in [0.2, 0.25) is 0 Å². The molecule has 0 spiro atoms. The Kier molecular flexibility index (Phi) is 5.52. The lowest BCUT2D eigenvalue weighted by Gasteiger charge is -2.29. The Morgan fingerprint density at radius 1 is 1.29 bits per heavy atom. The van der Waals surface area contributed by atoms with E-state index in [9.17, 15) is 9.59 Å². The maximum atomic E-state index is 12.3. The summed E-state index contributed by atoms with van der Waals surface area (Å²) in [6.45, 7) is 2.92. The van der Waals surface area contributed by atoms with E-state index in [-0.39, 0.29) is 18.4 Å². The van der Waals surface area contributed by atoms with Crippen molar-refractivity contribution < 1.29 is 14.3 Å². The van der Waals surface area contributed by atoms with Crippen molar-refractivity contribution in [1.82, 2.24) is 25.6 Å². The van der Waals surface area contributed by atoms with Crippen LogP contribution in [0.3, 0.4) is 0 Å². The predicted octanol–water partition coefficient (Wildman–Crippen LogP) is 0.748. The Balaban J connectivity index is 1.27. The van der Waals surface area contributed by atoms with Crippen LogP contribution < -0.4 is 20.3 Å². The lowest BCUT2D eigenvalue weighted by molar-refractivity contribution is -0.121. The summed E-state index contributed by atoms with van der Waals surface area (Å²) in [5.41, 5.74) is 1.10. The molecule has 9 nitrogen and oxygen atoms in total. The summed E-state index contributed by atoms with van der Waals surface area (Å²) >= 11 is 0. The van der Waals surface area contributed by atoms with Gasteiger partial charge in [0.1, 0.15) is 5.75 Å². The van der Waals surface area contributed by atoms with Crippen LogP contribution in [-0.2, 0) is 4.79 Å². The van der Waals surface area contributed by atoms with Gasteiger partial charge in [0.05, 0.1) is 17.9 Å². The Morgan fingerprint density at radius 2 is 2.11 bits per heavy atom. The van der Waals surface area contributed by atoms with Crippen molar-refractivity contribution in [3.05, 3.63) is 36.2 Å². The summed E-state index contributed by atoms with van der Waals surface area (Å²) < 4.78 is 7.23. The van der Waals surface area contributed by atoms with Gasteiger partial charge >= 0.3 is 0 Å². The molecule has 1 fully saturated rings. The number of aromatic nitrogens is 3. The number of piperidine rings is 1. The van der Waals surface area contributed by atoms with E-state index in [0.29, 0.717) is 37.0 Å². The van der Waals surface area contributed by atoms with E-state index < -0.39 is 0 Å². The fourth-order valence-corrected chi connectivity index (χ4v) is 3.56. The third kappa shape index (κ3) is 3.99. The molecule has 2 aliphatic rings. The van der Waals surface area contributed by atoms with Crippen molar-refractivity contribution in [3.63, 3.8) is 0 Å². The first-order chi connectivity index (χ1) is 13.7. The molecule has 9 heteroatoms. The van der Waals surface area contributed by atoms with Gasteiger partial charge in [-0.1, -0.05) is 17.3 Å². The van der Waals surface area contributed by atoms with Crippen LogP contribution in [0.4, 0.5) is 5.69 Å². The van der Waals surface area contributed by atoms with E-state index in [0.717, 1.165) is 31.6 Å². The minimum absolute atomic E-state index is 0.0448. The fourth-order valence-electron chi connectivity index (χ4n) is 3.56. The third-order valence-corrected chi connectivity index (χ3v) is 5.08. The fraction of sp³-hybridized carbons (Fsp3) is 0.474. The van der Waals surface area contributed by atoms with Crippen molar-refractivity contribution in [2.24, 2.45) is 0 Å². The first kappa shape index (κ1) is 18.4. The van der Waals surface area contributed by atoms with Crippen LogP contribution in [0.5, 0.6) is 5.75 Å². The number of amides is 2. The van der Waals surface area contributed by atoms with Crippen molar-refractivity contribution in [2.75, 3.05) is 37.7 Å². The van der Waals surface area contributed by atoms with E-state index in [4.69, 9.17) is 4.74 Å². The summed E-state index contributed by atoms with van der Waals surface area (Å²) in [5, 5.41) is 14.3. The van der Waals surface area contributed by atoms with Crippen LogP contribution in [-0.4, -0.2) is 59.6 Å². The van der Waals surface area contributed by atoms with Gasteiger partial charge in [-0.05, 0) is 44.5 Å². The zero-order valence-corrected chi connectivity index (χ0v) is 15.6. The summed E-state index contributed by atoms with van der Waals surface area (Å²) in [4.78, 5) is 26.2. The molecule has 28 heavy (non-hydrogen) atoms. The number of carbonyl (C=O) groups is 2. The Hall–Kier alpha value is -2.94. The number of carbonyl (C=O) groups excluding carboxylic acids is 2. The molecule has 1 saturated heterocycles. The Bertz CT molecular complexity index is 846. The number of fused-ring (bicyclic) bond motifs is 1. The number of nitrogens with zero attached hydrogens (tertiary/aromatic N) is 4. The van der Waals surface area contributed by atoms with Crippen LogP contribution in [0, 0.1) is 0 Å². The topological polar surface area (TPSA) is 101 Å². The summed E-state index contributed by atoms with van der Waals surface area (Å²) in [7, 11) is 0. The number of benzene rings is 1. The van der Waals surface area contributed by atoms with Crippen molar-refractivity contribution in [3.8, 4) is 5.75 Å². The van der Waals surface area contributed by atoms with Crippen LogP contribution in [0.2, 0.25) is 0 Å². The minimum Gasteiger partial charge on any atom is -0.482 e. The van der Waals surface area contributed by atoms with Crippen LogP contribution in [0.1, 0.15) is 35.8 Å². The van der Waals surface area contributed by atoms with Crippen LogP contribution in [0.15, 0.2) is 30.5 Å². The third-order valence-electron chi connectivity index (χ3n) is 5.08. The lowest BCUT2D eigenvalue weighted by atomic mass is 10.1. The Labute approximate surface area is 163 Å². The van der Waals surface area contributed by atoms with Gasteiger partial charge < -0.3 is 20.3 Å². The van der Waals surface area contributed by atoms with Gasteiger partial charge in [-0.3, -0.25) is 9.59 Å². The number of rotatable bonds is 6. The van der Waals surface area contributed by atoms with Crippen LogP contribution in [0.25, 0.3) is 0 Å². The predicted molar refractivity (Wildman–Crippen MR) is 102 cm³/mol. The molecular weight excluding hydrogens is 360 g/mol. The Morgan fingerprint density at radius 3 is 2.96 bits per heavy atom. The van der Waals surface area contributed by atoms with E-state index in [1.807, 2.05) is 24.3 Å². The highest BCUT2D eigenvalue weighted by Gasteiger charge is 2.24. The highest BCUT2D eigenvalue weighted by atomic mass is 16.5. The molecule has 1 aromatic carbocycles. The normalized spacial score (nSPS) is 17.1. The maximum Gasteiger partial charge on any atom is 0.273 e. The number of nitrogens with one attached hydrogen (secondary N) is 2. The highest BCUT2D eigenvalue weighted by molar-refractivity contribution is 5.97. The molecule has 2 aromatic rings. The molecule has 0 saturated carbocycles. The van der Waals surface area contributed by atoms with Crippen molar-refractivity contribution >= 4 is 17.5 Å². The SMILES string of the molecule is O=C(NCCCN1C(=O)COc2ccccc21)c1cn(C2CCNCC2)nn1. The molecular formula is C19H24N6O3. The number of hydrogen-bond donors (Lipinski definition) is 2. The average molecular weight is 384 g/mol. The van der Waals surface area contributed by atoms with E-state index in [1.54, 1.807) is 15.8 Å². The maximum absolute atomic E-state index is 12.3. The smallest absolute Gasteiger partial charge is 0.273 e. The summed E-state index contributed by atoms with van der Waals surface area (Å²) in [6.07, 6.45) is 4.32. The molecule has 2 amide bonds. The number of hydrogen-bond acceptors (Lipinski definition) is 6. The first-order valence-electron chi connectivity index (χ1n) is 9.65. The molecule has 3 heterocycles. The molecule has 1 aromatic heterocycles. The minimum atomic E-state index is -0.242. The highest BCUT2D eigenvalue weighted by Crippen LogP contribution is 2.31. The van der Waals surface area contributed by atoms with E-state index >= 15 is 0 Å². The average Bonchev–Trinajstić information content (AvgIpc) is 3.23. The zero-order valence-electron chi connectivity index (χ0n) is 15.6. The van der Waals surface area contributed by atoms with Gasteiger partial charge in [-0.25, -0.2) is 4.68 Å². The van der Waals surface area contributed by atoms with E-state index in [1.165, 1.54) is 0 Å². The first-order valence-corrected chi connectivity index (χ1v) is 9.65. The van der Waals surface area contributed by atoms with Crippen molar-refractivity contribution in [1.29, 1.82) is 0 Å². The second kappa shape index (κ2) is 8.39. The molecule has 4 rings (SSSR count). The molecule has 0 atom stereocenters.